The fourth-order valence-electron chi connectivity index (χ4n) is 7.41. The molecule has 2 bridgehead atoms. The molecule has 210 valence electrons. The number of benzene rings is 2. The van der Waals surface area contributed by atoms with Crippen molar-refractivity contribution in [1.82, 2.24) is 9.88 Å². The number of nitrogens with one attached hydrogen (secondary N) is 2. The van der Waals surface area contributed by atoms with Crippen LogP contribution in [-0.4, -0.2) is 57.1 Å². The number of aliphatic carboxylic acids is 1. The summed E-state index contributed by atoms with van der Waals surface area (Å²) >= 11 is 2.72. The van der Waals surface area contributed by atoms with Gasteiger partial charge in [0.2, 0.25) is 11.8 Å². The van der Waals surface area contributed by atoms with Crippen LogP contribution in [0, 0.1) is 29.6 Å². The van der Waals surface area contributed by atoms with Gasteiger partial charge < -0.3 is 20.1 Å². The molecule has 3 aromatic rings. The van der Waals surface area contributed by atoms with Gasteiger partial charge in [0.25, 0.3) is 5.91 Å². The number of aromatic amines is 1. The number of H-pyrrole nitrogens is 1. The number of carboxylic acids is 1. The molecule has 3 N–H and O–H groups in total. The Kier molecular flexibility index (Phi) is 6.27. The number of carboxylic acid groups (broad SMARTS) is 1. The first-order chi connectivity index (χ1) is 19.8. The lowest BCUT2D eigenvalue weighted by atomic mass is 9.68. The number of carbonyl (C=O) groups excluding carboxylic acids is 3. The van der Waals surface area contributed by atoms with E-state index in [1.807, 2.05) is 36.4 Å². The lowest BCUT2D eigenvalue weighted by molar-refractivity contribution is -0.149. The number of imide groups is 1. The van der Waals surface area contributed by atoms with Gasteiger partial charge in [-0.1, -0.05) is 41.7 Å². The topological polar surface area (TPSA) is 146 Å². The number of hydrogen-bond donors (Lipinski definition) is 3. The van der Waals surface area contributed by atoms with Crippen molar-refractivity contribution in [2.75, 3.05) is 18.5 Å². The molecule has 3 heterocycles. The minimum Gasteiger partial charge on any atom is -0.484 e. The minimum absolute atomic E-state index is 0.00764. The Morgan fingerprint density at radius 1 is 1.02 bits per heavy atom. The van der Waals surface area contributed by atoms with Gasteiger partial charge in [0.1, 0.15) is 12.3 Å². The fraction of sp³-hybridized carbons (Fsp3) is 0.345. The zero-order chi connectivity index (χ0) is 28.4. The first kappa shape index (κ1) is 26.0. The Labute approximate surface area is 242 Å². The molecule has 2 saturated carbocycles. The smallest absolute Gasteiger partial charge is 0.323 e. The number of rotatable bonds is 7. The quantitative estimate of drug-likeness (QED) is 0.356. The summed E-state index contributed by atoms with van der Waals surface area (Å²) in [5.41, 5.74) is 1.58. The number of para-hydroxylation sites is 1. The summed E-state index contributed by atoms with van der Waals surface area (Å²) in [6.07, 6.45) is 0.710. The number of anilines is 1. The second kappa shape index (κ2) is 9.88. The third-order valence-corrected chi connectivity index (χ3v) is 11.3. The molecule has 6 unspecified atom stereocenters. The predicted molar refractivity (Wildman–Crippen MR) is 150 cm³/mol. The van der Waals surface area contributed by atoms with Crippen LogP contribution in [0.15, 0.2) is 64.4 Å². The van der Waals surface area contributed by atoms with E-state index in [2.05, 4.69) is 10.3 Å². The third kappa shape index (κ3) is 4.27. The molecule has 41 heavy (non-hydrogen) atoms. The molecule has 2 aliphatic carbocycles. The van der Waals surface area contributed by atoms with Gasteiger partial charge in [0.15, 0.2) is 6.61 Å². The molecule has 1 saturated heterocycles. The highest BCUT2D eigenvalue weighted by molar-refractivity contribution is 8.00. The second-order valence-corrected chi connectivity index (χ2v) is 13.1. The van der Waals surface area contributed by atoms with Gasteiger partial charge in [0, 0.05) is 21.7 Å². The number of thioether (sulfide) groups is 1. The Balaban J connectivity index is 1.18. The zero-order valence-electron chi connectivity index (χ0n) is 21.5. The molecule has 0 spiro atoms. The summed E-state index contributed by atoms with van der Waals surface area (Å²) in [4.78, 5) is 67.5. The third-order valence-electron chi connectivity index (χ3n) is 8.75. The molecule has 1 aromatic heterocycles. The Morgan fingerprint density at radius 2 is 1.78 bits per heavy atom. The van der Waals surface area contributed by atoms with Gasteiger partial charge in [0.05, 0.1) is 16.9 Å². The second-order valence-electron chi connectivity index (χ2n) is 10.9. The Bertz CT molecular complexity index is 1640. The minimum atomic E-state index is -1.21. The summed E-state index contributed by atoms with van der Waals surface area (Å²) in [7, 11) is 0. The van der Waals surface area contributed by atoms with E-state index < -0.39 is 30.3 Å². The van der Waals surface area contributed by atoms with E-state index in [9.17, 15) is 29.1 Å². The van der Waals surface area contributed by atoms with E-state index in [4.69, 9.17) is 4.74 Å². The summed E-state index contributed by atoms with van der Waals surface area (Å²) < 4.78 is 5.85. The summed E-state index contributed by atoms with van der Waals surface area (Å²) in [6, 6.07) is 16.6. The van der Waals surface area contributed by atoms with Crippen LogP contribution in [-0.2, 0) is 19.2 Å². The van der Waals surface area contributed by atoms with Gasteiger partial charge in [-0.2, -0.15) is 0 Å². The maximum Gasteiger partial charge on any atom is 0.323 e. The zero-order valence-corrected chi connectivity index (χ0v) is 23.2. The van der Waals surface area contributed by atoms with Crippen LogP contribution in [0.4, 0.5) is 5.69 Å². The van der Waals surface area contributed by atoms with E-state index in [0.29, 0.717) is 17.9 Å². The van der Waals surface area contributed by atoms with E-state index in [1.165, 1.54) is 0 Å². The average Bonchev–Trinajstić information content (AvgIpc) is 3.68. The van der Waals surface area contributed by atoms with E-state index >= 15 is 0 Å². The number of ether oxygens (including phenoxy) is 1. The SMILES string of the molecule is O=C(O)CN1C(=O)C2C3CC(C2C1=O)C1C3Sc2[nH]c(=O)sc2[C@@H]1c1cccc(OCC(=O)Nc2ccccc2)c1. The van der Waals surface area contributed by atoms with Crippen molar-refractivity contribution in [1.29, 1.82) is 0 Å². The van der Waals surface area contributed by atoms with E-state index in [-0.39, 0.29) is 52.2 Å². The van der Waals surface area contributed by atoms with Crippen molar-refractivity contribution in [2.24, 2.45) is 29.6 Å². The number of thiazole rings is 1. The molecule has 7 rings (SSSR count). The van der Waals surface area contributed by atoms with Gasteiger partial charge in [-0.25, -0.2) is 0 Å². The molecule has 7 atom stereocenters. The molecular weight excluding hydrogens is 566 g/mol. The number of fused-ring (bicyclic) bond motifs is 9. The lowest BCUT2D eigenvalue weighted by Crippen LogP contribution is -2.42. The van der Waals surface area contributed by atoms with E-state index in [1.54, 1.807) is 30.0 Å². The first-order valence-electron chi connectivity index (χ1n) is 13.3. The largest absolute Gasteiger partial charge is 0.484 e. The molecule has 4 aliphatic rings. The molecular formula is C29H25N3O7S2. The van der Waals surface area contributed by atoms with Crippen molar-refractivity contribution < 1.29 is 29.0 Å². The van der Waals surface area contributed by atoms with Crippen LogP contribution < -0.4 is 14.9 Å². The fourth-order valence-corrected chi connectivity index (χ4v) is 10.3. The molecule has 12 heteroatoms. The van der Waals surface area contributed by atoms with Gasteiger partial charge in [-0.3, -0.25) is 28.9 Å². The highest BCUT2D eigenvalue weighted by Gasteiger charge is 2.69. The predicted octanol–water partition coefficient (Wildman–Crippen LogP) is 3.01. The lowest BCUT2D eigenvalue weighted by Gasteiger charge is -2.43. The molecule has 2 aromatic carbocycles. The maximum atomic E-state index is 13.3. The van der Waals surface area contributed by atoms with Crippen molar-refractivity contribution in [3.63, 3.8) is 0 Å². The van der Waals surface area contributed by atoms with Crippen LogP contribution in [0.1, 0.15) is 22.8 Å². The normalized spacial score (nSPS) is 29.2. The van der Waals surface area contributed by atoms with Crippen LogP contribution in [0.3, 0.4) is 0 Å². The molecule has 3 amide bonds. The molecule has 2 aliphatic heterocycles. The van der Waals surface area contributed by atoms with E-state index in [0.717, 1.165) is 31.7 Å². The number of amides is 3. The van der Waals surface area contributed by atoms with Crippen LogP contribution in [0.2, 0.25) is 0 Å². The molecule has 3 fully saturated rings. The van der Waals surface area contributed by atoms with Crippen LogP contribution in [0.25, 0.3) is 0 Å². The summed E-state index contributed by atoms with van der Waals surface area (Å²) in [6.45, 7) is -0.800. The van der Waals surface area contributed by atoms with Crippen LogP contribution in [0.5, 0.6) is 5.75 Å². The number of hydrogen-bond acceptors (Lipinski definition) is 8. The van der Waals surface area contributed by atoms with Crippen molar-refractivity contribution in [3.8, 4) is 5.75 Å². The molecule has 10 nitrogen and oxygen atoms in total. The summed E-state index contributed by atoms with van der Waals surface area (Å²) in [5, 5.41) is 12.9. The van der Waals surface area contributed by atoms with Gasteiger partial charge >= 0.3 is 10.8 Å². The first-order valence-corrected chi connectivity index (χ1v) is 15.0. The number of likely N-dealkylation sites (tertiary alicyclic amines) is 1. The molecule has 0 radical (unpaired) electrons. The maximum absolute atomic E-state index is 13.3. The highest BCUT2D eigenvalue weighted by Crippen LogP contribution is 2.68. The average molecular weight is 592 g/mol. The highest BCUT2D eigenvalue weighted by atomic mass is 32.2. The van der Waals surface area contributed by atoms with Crippen molar-refractivity contribution in [2.45, 2.75) is 22.6 Å². The van der Waals surface area contributed by atoms with Crippen molar-refractivity contribution in [3.05, 3.63) is 74.7 Å². The number of aromatic nitrogens is 1. The Morgan fingerprint density at radius 3 is 2.54 bits per heavy atom. The van der Waals surface area contributed by atoms with Gasteiger partial charge in [-0.05, 0) is 54.0 Å². The Hall–Kier alpha value is -3.90. The standard InChI is InChI=1S/C29H25N3O7S2/c33-18(30-14-6-2-1-3-7-14)12-39-15-8-4-5-13(9-15)20-21-16-10-17(24(21)40-26-25(20)41-29(38)31-26)23-22(16)27(36)32(28(23)37)11-19(34)35/h1-9,16-17,20-24H,10-12H2,(H,30,33)(H,31,38)(H,34,35)/t16?,17?,20-,21?,22?,23?,24?/m1/s1. The number of carbonyl (C=O) groups is 4. The monoisotopic (exact) mass is 591 g/mol. The number of nitrogens with zero attached hydrogens (tertiary/aromatic N) is 1. The van der Waals surface area contributed by atoms with Crippen LogP contribution >= 0.6 is 23.1 Å². The van der Waals surface area contributed by atoms with Crippen molar-refractivity contribution >= 4 is 52.5 Å². The van der Waals surface area contributed by atoms with Gasteiger partial charge in [-0.15, -0.1) is 11.8 Å². The summed E-state index contributed by atoms with van der Waals surface area (Å²) in [5.74, 6) is -3.30.